The highest BCUT2D eigenvalue weighted by Gasteiger charge is 2.25. The van der Waals surface area contributed by atoms with Gasteiger partial charge in [-0.2, -0.15) is 0 Å². The zero-order valence-corrected chi connectivity index (χ0v) is 17.6. The van der Waals surface area contributed by atoms with Crippen LogP contribution in [0.15, 0.2) is 52.2 Å². The molecule has 0 atom stereocenters. The van der Waals surface area contributed by atoms with Gasteiger partial charge in [-0.15, -0.1) is 10.2 Å². The summed E-state index contributed by atoms with van der Waals surface area (Å²) in [4.78, 5) is 12.3. The summed E-state index contributed by atoms with van der Waals surface area (Å²) < 4.78 is 7.43. The first-order valence-corrected chi connectivity index (χ1v) is 11.2. The Bertz CT molecular complexity index is 952. The van der Waals surface area contributed by atoms with Crippen LogP contribution in [-0.4, -0.2) is 26.4 Å². The number of halogens is 1. The molecule has 8 heteroatoms. The third kappa shape index (κ3) is 4.85. The first-order valence-electron chi connectivity index (χ1n) is 9.84. The van der Waals surface area contributed by atoms with Gasteiger partial charge in [-0.1, -0.05) is 54.8 Å². The third-order valence-corrected chi connectivity index (χ3v) is 6.36. The molecule has 0 unspecified atom stereocenters. The number of hydrogen-bond acceptors (Lipinski definition) is 5. The van der Waals surface area contributed by atoms with E-state index in [1.807, 2.05) is 30.3 Å². The number of thioether (sulfide) groups is 1. The number of carbonyl (C=O) groups is 1. The fourth-order valence-electron chi connectivity index (χ4n) is 3.65. The topological polar surface area (TPSA) is 73.0 Å². The third-order valence-electron chi connectivity index (χ3n) is 5.09. The maximum Gasteiger partial charge on any atom is 0.230 e. The van der Waals surface area contributed by atoms with Crippen LogP contribution in [0.25, 0.3) is 11.4 Å². The molecule has 1 amide bonds. The molecule has 1 aliphatic rings. The van der Waals surface area contributed by atoms with E-state index in [0.717, 1.165) is 35.1 Å². The Labute approximate surface area is 179 Å². The molecule has 29 heavy (non-hydrogen) atoms. The maximum atomic E-state index is 12.3. The second-order valence-corrected chi connectivity index (χ2v) is 8.44. The van der Waals surface area contributed by atoms with E-state index in [1.165, 1.54) is 31.0 Å². The monoisotopic (exact) mass is 430 g/mol. The van der Waals surface area contributed by atoms with Gasteiger partial charge in [0.1, 0.15) is 5.76 Å². The summed E-state index contributed by atoms with van der Waals surface area (Å²) in [6, 6.07) is 11.7. The van der Waals surface area contributed by atoms with Crippen LogP contribution < -0.4 is 5.32 Å². The summed E-state index contributed by atoms with van der Waals surface area (Å²) in [5.74, 6) is 1.72. The number of carbonyl (C=O) groups excluding carboxylic acids is 1. The SMILES string of the molecule is O=C(CSc1nnc(-c2ccccc2Cl)n1C1CCCCC1)NCc1ccco1. The molecule has 4 rings (SSSR count). The van der Waals surface area contributed by atoms with Gasteiger partial charge in [-0.05, 0) is 37.1 Å². The van der Waals surface area contributed by atoms with E-state index < -0.39 is 0 Å². The summed E-state index contributed by atoms with van der Waals surface area (Å²) in [7, 11) is 0. The highest BCUT2D eigenvalue weighted by atomic mass is 35.5. The van der Waals surface area contributed by atoms with Gasteiger partial charge in [-0.3, -0.25) is 9.36 Å². The van der Waals surface area contributed by atoms with E-state index in [2.05, 4.69) is 20.1 Å². The van der Waals surface area contributed by atoms with Gasteiger partial charge in [0.15, 0.2) is 11.0 Å². The first kappa shape index (κ1) is 20.0. The molecule has 152 valence electrons. The largest absolute Gasteiger partial charge is 0.467 e. The van der Waals surface area contributed by atoms with Gasteiger partial charge in [-0.25, -0.2) is 0 Å². The zero-order valence-electron chi connectivity index (χ0n) is 16.0. The molecule has 3 aromatic rings. The molecule has 0 spiro atoms. The normalized spacial score (nSPS) is 14.8. The average molecular weight is 431 g/mol. The lowest BCUT2D eigenvalue weighted by molar-refractivity contribution is -0.118. The summed E-state index contributed by atoms with van der Waals surface area (Å²) in [6.07, 6.45) is 7.43. The number of hydrogen-bond donors (Lipinski definition) is 1. The molecule has 1 aliphatic carbocycles. The molecule has 1 aromatic carbocycles. The van der Waals surface area contributed by atoms with E-state index in [-0.39, 0.29) is 11.7 Å². The predicted octanol–water partition coefficient (Wildman–Crippen LogP) is 5.11. The molecule has 0 aliphatic heterocycles. The second-order valence-electron chi connectivity index (χ2n) is 7.09. The van der Waals surface area contributed by atoms with Gasteiger partial charge in [0.2, 0.25) is 5.91 Å². The predicted molar refractivity (Wildman–Crippen MR) is 114 cm³/mol. The summed E-state index contributed by atoms with van der Waals surface area (Å²) in [5, 5.41) is 13.1. The first-order chi connectivity index (χ1) is 14.2. The number of amides is 1. The van der Waals surface area contributed by atoms with Crippen LogP contribution in [-0.2, 0) is 11.3 Å². The number of nitrogens with one attached hydrogen (secondary N) is 1. The van der Waals surface area contributed by atoms with Gasteiger partial charge < -0.3 is 9.73 Å². The van der Waals surface area contributed by atoms with E-state index in [1.54, 1.807) is 12.3 Å². The highest BCUT2D eigenvalue weighted by molar-refractivity contribution is 7.99. The van der Waals surface area contributed by atoms with E-state index >= 15 is 0 Å². The van der Waals surface area contributed by atoms with Crippen molar-refractivity contribution in [1.29, 1.82) is 0 Å². The van der Waals surface area contributed by atoms with Crippen LogP contribution in [0.2, 0.25) is 5.02 Å². The molecule has 0 bridgehead atoms. The minimum absolute atomic E-state index is 0.0658. The molecule has 2 aromatic heterocycles. The molecule has 6 nitrogen and oxygen atoms in total. The van der Waals surface area contributed by atoms with E-state index in [4.69, 9.17) is 16.0 Å². The fourth-order valence-corrected chi connectivity index (χ4v) is 4.71. The number of benzene rings is 1. The van der Waals surface area contributed by atoms with E-state index in [0.29, 0.717) is 17.6 Å². The van der Waals surface area contributed by atoms with Gasteiger partial charge in [0.05, 0.1) is 23.6 Å². The molecular weight excluding hydrogens is 408 g/mol. The number of nitrogens with zero attached hydrogens (tertiary/aromatic N) is 3. The number of furan rings is 1. The van der Waals surface area contributed by atoms with Crippen molar-refractivity contribution in [3.05, 3.63) is 53.4 Å². The maximum absolute atomic E-state index is 12.3. The van der Waals surface area contributed by atoms with Crippen LogP contribution in [0.1, 0.15) is 43.9 Å². The standard InChI is InChI=1S/C21H23ClN4O2S/c22-18-11-5-4-10-17(18)20-24-25-21(26(20)15-7-2-1-3-8-15)29-14-19(27)23-13-16-9-6-12-28-16/h4-6,9-12,15H,1-3,7-8,13-14H2,(H,23,27). The molecule has 1 fully saturated rings. The zero-order chi connectivity index (χ0) is 20.1. The van der Waals surface area contributed by atoms with Crippen molar-refractivity contribution in [3.8, 4) is 11.4 Å². The minimum atomic E-state index is -0.0658. The van der Waals surface area contributed by atoms with Gasteiger partial charge in [0.25, 0.3) is 0 Å². The van der Waals surface area contributed by atoms with E-state index in [9.17, 15) is 4.79 Å². The molecule has 1 saturated carbocycles. The molecular formula is C21H23ClN4O2S. The van der Waals surface area contributed by atoms with Crippen molar-refractivity contribution in [1.82, 2.24) is 20.1 Å². The molecule has 2 heterocycles. The lowest BCUT2D eigenvalue weighted by Gasteiger charge is -2.25. The fraction of sp³-hybridized carbons (Fsp3) is 0.381. The molecule has 0 saturated heterocycles. The Morgan fingerprint density at radius 3 is 2.76 bits per heavy atom. The van der Waals surface area contributed by atoms with Crippen LogP contribution in [0.4, 0.5) is 0 Å². The number of rotatable bonds is 7. The quantitative estimate of drug-likeness (QED) is 0.527. The van der Waals surface area contributed by atoms with Crippen molar-refractivity contribution >= 4 is 29.3 Å². The molecule has 1 N–H and O–H groups in total. The molecule has 0 radical (unpaired) electrons. The van der Waals surface area contributed by atoms with Crippen molar-refractivity contribution in [2.75, 3.05) is 5.75 Å². The van der Waals surface area contributed by atoms with Gasteiger partial charge in [0, 0.05) is 11.6 Å². The average Bonchev–Trinajstić information content (AvgIpc) is 3.41. The summed E-state index contributed by atoms with van der Waals surface area (Å²) in [5.41, 5.74) is 0.876. The Balaban J connectivity index is 1.51. The van der Waals surface area contributed by atoms with Crippen LogP contribution in [0.5, 0.6) is 0 Å². The van der Waals surface area contributed by atoms with Crippen LogP contribution >= 0.6 is 23.4 Å². The van der Waals surface area contributed by atoms with Crippen LogP contribution in [0.3, 0.4) is 0 Å². The Morgan fingerprint density at radius 1 is 1.17 bits per heavy atom. The second kappa shape index (κ2) is 9.50. The van der Waals surface area contributed by atoms with Crippen LogP contribution in [0, 0.1) is 0 Å². The summed E-state index contributed by atoms with van der Waals surface area (Å²) >= 11 is 7.85. The Kier molecular flexibility index (Phi) is 6.56. The number of aromatic nitrogens is 3. The summed E-state index contributed by atoms with van der Waals surface area (Å²) in [6.45, 7) is 0.382. The lowest BCUT2D eigenvalue weighted by Crippen LogP contribution is -2.24. The highest BCUT2D eigenvalue weighted by Crippen LogP contribution is 2.37. The Hall–Kier alpha value is -2.25. The van der Waals surface area contributed by atoms with Gasteiger partial charge >= 0.3 is 0 Å². The van der Waals surface area contributed by atoms with Crippen molar-refractivity contribution in [3.63, 3.8) is 0 Å². The van der Waals surface area contributed by atoms with Crippen molar-refractivity contribution in [2.24, 2.45) is 0 Å². The van der Waals surface area contributed by atoms with Crippen molar-refractivity contribution < 1.29 is 9.21 Å². The van der Waals surface area contributed by atoms with Crippen molar-refractivity contribution in [2.45, 2.75) is 49.8 Å². The minimum Gasteiger partial charge on any atom is -0.467 e. The smallest absolute Gasteiger partial charge is 0.230 e. The Morgan fingerprint density at radius 2 is 2.00 bits per heavy atom. The lowest BCUT2D eigenvalue weighted by atomic mass is 9.95.